The first-order valence-electron chi connectivity index (χ1n) is 3.76. The number of aryl methyl sites for hydroxylation is 1. The second-order valence-corrected chi connectivity index (χ2v) is 2.69. The predicted octanol–water partition coefficient (Wildman–Crippen LogP) is 2.39. The second-order valence-electron chi connectivity index (χ2n) is 2.69. The molecule has 2 rings (SSSR count). The van der Waals surface area contributed by atoms with Gasteiger partial charge < -0.3 is 0 Å². The van der Waals surface area contributed by atoms with Crippen LogP contribution >= 0.6 is 0 Å². The average Bonchev–Trinajstić information content (AvgIpc) is 2.25. The van der Waals surface area contributed by atoms with Crippen LogP contribution < -0.4 is 0 Å². The van der Waals surface area contributed by atoms with E-state index in [1.54, 1.807) is 0 Å². The number of allylic oxidation sites excluding steroid dienone is 2. The summed E-state index contributed by atoms with van der Waals surface area (Å²) < 4.78 is 0. The molecule has 11 heavy (non-hydrogen) atoms. The molecule has 2 nitrogen and oxygen atoms in total. The Hall–Kier alpha value is -1.31. The first kappa shape index (κ1) is 6.40. The minimum absolute atomic E-state index is 0. The molecular formula is C9H12N2. The van der Waals surface area contributed by atoms with Crippen molar-refractivity contribution in [2.45, 2.75) is 13.3 Å². The zero-order valence-corrected chi connectivity index (χ0v) is 6.46. The van der Waals surface area contributed by atoms with Crippen LogP contribution in [-0.2, 0) is 0 Å². The first-order valence-corrected chi connectivity index (χ1v) is 3.76. The fourth-order valence-electron chi connectivity index (χ4n) is 1.24. The molecule has 0 saturated heterocycles. The Morgan fingerprint density at radius 3 is 3.18 bits per heavy atom. The van der Waals surface area contributed by atoms with Crippen LogP contribution in [0, 0.1) is 6.92 Å². The van der Waals surface area contributed by atoms with Crippen molar-refractivity contribution in [1.82, 2.24) is 10.2 Å². The number of aromatic amines is 1. The van der Waals surface area contributed by atoms with Gasteiger partial charge in [0.1, 0.15) is 0 Å². The highest BCUT2D eigenvalue weighted by Crippen LogP contribution is 2.17. The van der Waals surface area contributed by atoms with Gasteiger partial charge in [-0.25, -0.2) is 0 Å². The second kappa shape index (κ2) is 2.38. The molecule has 0 radical (unpaired) electrons. The van der Waals surface area contributed by atoms with Crippen LogP contribution in [0.1, 0.15) is 24.8 Å². The Labute approximate surface area is 67.1 Å². The summed E-state index contributed by atoms with van der Waals surface area (Å²) in [6, 6.07) is 0. The molecule has 2 heteroatoms. The number of fused-ring (bicyclic) bond motifs is 1. The van der Waals surface area contributed by atoms with Gasteiger partial charge in [-0.2, -0.15) is 5.10 Å². The van der Waals surface area contributed by atoms with Crippen LogP contribution in [0.15, 0.2) is 12.2 Å². The maximum Gasteiger partial charge on any atom is 0.0920 e. The SMILES string of the molecule is Cc1[nH]nc2c1C=CCC=C2.[HH]. The third-order valence-electron chi connectivity index (χ3n) is 1.86. The molecule has 1 heterocycles. The predicted molar refractivity (Wildman–Crippen MR) is 48.1 cm³/mol. The van der Waals surface area contributed by atoms with E-state index < -0.39 is 0 Å². The van der Waals surface area contributed by atoms with Crippen LogP contribution in [0.2, 0.25) is 0 Å². The number of hydrogen-bond donors (Lipinski definition) is 1. The molecule has 0 amide bonds. The highest BCUT2D eigenvalue weighted by Gasteiger charge is 2.04. The lowest BCUT2D eigenvalue weighted by Crippen LogP contribution is -1.74. The van der Waals surface area contributed by atoms with Gasteiger partial charge in [0.05, 0.1) is 5.69 Å². The summed E-state index contributed by atoms with van der Waals surface area (Å²) in [4.78, 5) is 0. The van der Waals surface area contributed by atoms with E-state index in [2.05, 4.69) is 34.5 Å². The van der Waals surface area contributed by atoms with Crippen molar-refractivity contribution in [2.24, 2.45) is 0 Å². The molecule has 1 aliphatic rings. The molecule has 1 aromatic rings. The third-order valence-corrected chi connectivity index (χ3v) is 1.86. The van der Waals surface area contributed by atoms with E-state index in [4.69, 9.17) is 0 Å². The monoisotopic (exact) mass is 148 g/mol. The molecular weight excluding hydrogens is 136 g/mol. The number of nitrogens with one attached hydrogen (secondary N) is 1. The molecule has 0 aliphatic heterocycles. The van der Waals surface area contributed by atoms with Crippen LogP contribution in [0.4, 0.5) is 0 Å². The lowest BCUT2D eigenvalue weighted by Gasteiger charge is -1.87. The largest absolute Gasteiger partial charge is 0.282 e. The standard InChI is InChI=1S/C9H10N2.H2/c1-7-8-5-3-2-4-6-9(8)11-10-7;/h3-6H,2H2,1H3,(H,10,11);1H. The van der Waals surface area contributed by atoms with Crippen LogP contribution in [0.5, 0.6) is 0 Å². The Morgan fingerprint density at radius 1 is 1.45 bits per heavy atom. The van der Waals surface area contributed by atoms with Gasteiger partial charge in [0.15, 0.2) is 0 Å². The van der Waals surface area contributed by atoms with Crippen molar-refractivity contribution in [2.75, 3.05) is 0 Å². The van der Waals surface area contributed by atoms with Gasteiger partial charge in [-0.3, -0.25) is 5.10 Å². The van der Waals surface area contributed by atoms with E-state index in [1.165, 1.54) is 5.56 Å². The zero-order chi connectivity index (χ0) is 7.68. The summed E-state index contributed by atoms with van der Waals surface area (Å²) in [5.41, 5.74) is 3.41. The van der Waals surface area contributed by atoms with Crippen LogP contribution in [0.25, 0.3) is 12.2 Å². The molecule has 0 fully saturated rings. The normalized spacial score (nSPS) is 14.6. The van der Waals surface area contributed by atoms with E-state index in [1.807, 2.05) is 6.92 Å². The highest BCUT2D eigenvalue weighted by atomic mass is 15.1. The number of rotatable bonds is 0. The van der Waals surface area contributed by atoms with E-state index in [0.29, 0.717) is 0 Å². The lowest BCUT2D eigenvalue weighted by atomic mass is 10.2. The molecule has 0 spiro atoms. The molecule has 0 unspecified atom stereocenters. The Balaban J connectivity index is 0.000000720. The van der Waals surface area contributed by atoms with Crippen molar-refractivity contribution in [1.29, 1.82) is 0 Å². The van der Waals surface area contributed by atoms with Crippen molar-refractivity contribution >= 4 is 12.2 Å². The van der Waals surface area contributed by atoms with Gasteiger partial charge in [0.25, 0.3) is 0 Å². The Kier molecular flexibility index (Phi) is 1.39. The highest BCUT2D eigenvalue weighted by molar-refractivity contribution is 5.66. The fourth-order valence-corrected chi connectivity index (χ4v) is 1.24. The smallest absolute Gasteiger partial charge is 0.0920 e. The Bertz CT molecular complexity index is 323. The molecule has 1 aliphatic carbocycles. The minimum atomic E-state index is 0. The van der Waals surface area contributed by atoms with E-state index in [9.17, 15) is 0 Å². The van der Waals surface area contributed by atoms with E-state index >= 15 is 0 Å². The van der Waals surface area contributed by atoms with Crippen molar-refractivity contribution in [3.8, 4) is 0 Å². The molecule has 0 atom stereocenters. The van der Waals surface area contributed by atoms with Gasteiger partial charge in [-0.1, -0.05) is 18.2 Å². The van der Waals surface area contributed by atoms with Crippen molar-refractivity contribution < 1.29 is 1.43 Å². The number of aromatic nitrogens is 2. The van der Waals surface area contributed by atoms with Gasteiger partial charge >= 0.3 is 0 Å². The maximum atomic E-state index is 4.15. The van der Waals surface area contributed by atoms with Crippen LogP contribution in [0.3, 0.4) is 0 Å². The summed E-state index contributed by atoms with van der Waals surface area (Å²) in [5, 5.41) is 7.11. The zero-order valence-electron chi connectivity index (χ0n) is 6.46. The van der Waals surface area contributed by atoms with Gasteiger partial charge in [-0.15, -0.1) is 0 Å². The summed E-state index contributed by atoms with van der Waals surface area (Å²) in [5.74, 6) is 0. The lowest BCUT2D eigenvalue weighted by molar-refractivity contribution is 1.04. The number of hydrogen-bond acceptors (Lipinski definition) is 1. The molecule has 58 valence electrons. The first-order chi connectivity index (χ1) is 5.38. The topological polar surface area (TPSA) is 28.7 Å². The maximum absolute atomic E-state index is 4.15. The molecule has 0 aromatic carbocycles. The number of nitrogens with zero attached hydrogens (tertiary/aromatic N) is 1. The quantitative estimate of drug-likeness (QED) is 0.601. The summed E-state index contributed by atoms with van der Waals surface area (Å²) in [7, 11) is 0. The third kappa shape index (κ3) is 1.00. The van der Waals surface area contributed by atoms with Crippen molar-refractivity contribution in [3.63, 3.8) is 0 Å². The minimum Gasteiger partial charge on any atom is -0.282 e. The number of H-pyrrole nitrogens is 1. The summed E-state index contributed by atoms with van der Waals surface area (Å²) in [6.07, 6.45) is 9.44. The summed E-state index contributed by atoms with van der Waals surface area (Å²) in [6.45, 7) is 2.04. The molecule has 1 N–H and O–H groups in total. The van der Waals surface area contributed by atoms with Gasteiger partial charge in [0.2, 0.25) is 0 Å². The fraction of sp³-hybridized carbons (Fsp3) is 0.222. The van der Waals surface area contributed by atoms with E-state index in [-0.39, 0.29) is 1.43 Å². The van der Waals surface area contributed by atoms with Crippen molar-refractivity contribution in [3.05, 3.63) is 29.1 Å². The molecule has 0 saturated carbocycles. The Morgan fingerprint density at radius 2 is 2.27 bits per heavy atom. The molecule has 1 aromatic heterocycles. The van der Waals surface area contributed by atoms with Gasteiger partial charge in [0, 0.05) is 12.7 Å². The average molecular weight is 148 g/mol. The van der Waals surface area contributed by atoms with Gasteiger partial charge in [-0.05, 0) is 19.4 Å². The van der Waals surface area contributed by atoms with Crippen LogP contribution in [-0.4, -0.2) is 10.2 Å². The molecule has 0 bridgehead atoms. The van der Waals surface area contributed by atoms with E-state index in [0.717, 1.165) is 17.8 Å². The summed E-state index contributed by atoms with van der Waals surface area (Å²) >= 11 is 0.